The zero-order chi connectivity index (χ0) is 19.3. The molecule has 0 aliphatic carbocycles. The van der Waals surface area contributed by atoms with Crippen LogP contribution in [0.2, 0.25) is 0 Å². The maximum absolute atomic E-state index is 10.3. The molecule has 1 atom stereocenters. The summed E-state index contributed by atoms with van der Waals surface area (Å²) in [4.78, 5) is 2.48. The molecular formula is C23H49NO2. The van der Waals surface area contributed by atoms with Crippen LogP contribution in [0.1, 0.15) is 111 Å². The molecule has 0 saturated carbocycles. The van der Waals surface area contributed by atoms with E-state index in [1.54, 1.807) is 0 Å². The third kappa shape index (κ3) is 18.7. The Balaban J connectivity index is 3.97. The summed E-state index contributed by atoms with van der Waals surface area (Å²) in [5.41, 5.74) is 0. The van der Waals surface area contributed by atoms with Gasteiger partial charge in [0.15, 0.2) is 0 Å². The molecule has 26 heavy (non-hydrogen) atoms. The molecule has 0 fully saturated rings. The molecule has 3 heteroatoms. The highest BCUT2D eigenvalue weighted by atomic mass is 16.5. The van der Waals surface area contributed by atoms with Crippen molar-refractivity contribution in [2.45, 2.75) is 117 Å². The van der Waals surface area contributed by atoms with Crippen LogP contribution in [0.15, 0.2) is 0 Å². The summed E-state index contributed by atoms with van der Waals surface area (Å²) in [6.45, 7) is 11.0. The van der Waals surface area contributed by atoms with Crippen LogP contribution < -0.4 is 0 Å². The standard InChI is InChI=1S/C23H49NO2/c1-4-7-10-12-14-16-18-24(19-17-15-13-11-8-5-2)21-23(25)22-26-20-9-6-3/h23,25H,4-22H2,1-3H3. The maximum Gasteiger partial charge on any atom is 0.0900 e. The van der Waals surface area contributed by atoms with Crippen molar-refractivity contribution in [1.82, 2.24) is 4.90 Å². The van der Waals surface area contributed by atoms with E-state index in [9.17, 15) is 5.11 Å². The molecule has 0 radical (unpaired) electrons. The van der Waals surface area contributed by atoms with Crippen molar-refractivity contribution in [1.29, 1.82) is 0 Å². The Morgan fingerprint density at radius 2 is 1.12 bits per heavy atom. The fourth-order valence-corrected chi connectivity index (χ4v) is 3.34. The van der Waals surface area contributed by atoms with Gasteiger partial charge in [0, 0.05) is 13.2 Å². The van der Waals surface area contributed by atoms with Crippen LogP contribution in [0.3, 0.4) is 0 Å². The topological polar surface area (TPSA) is 32.7 Å². The van der Waals surface area contributed by atoms with Crippen molar-refractivity contribution in [3.05, 3.63) is 0 Å². The average molecular weight is 372 g/mol. The average Bonchev–Trinajstić information content (AvgIpc) is 2.64. The monoisotopic (exact) mass is 371 g/mol. The number of hydrogen-bond acceptors (Lipinski definition) is 3. The molecule has 0 heterocycles. The van der Waals surface area contributed by atoms with Crippen LogP contribution in [0.5, 0.6) is 0 Å². The van der Waals surface area contributed by atoms with Crippen molar-refractivity contribution in [3.63, 3.8) is 0 Å². The summed E-state index contributed by atoms with van der Waals surface area (Å²) in [6, 6.07) is 0. The van der Waals surface area contributed by atoms with E-state index in [2.05, 4.69) is 25.7 Å². The first-order valence-corrected chi connectivity index (χ1v) is 11.7. The molecule has 0 bridgehead atoms. The molecule has 0 aromatic rings. The predicted molar refractivity (Wildman–Crippen MR) is 115 cm³/mol. The number of unbranched alkanes of at least 4 members (excludes halogenated alkanes) is 11. The third-order valence-corrected chi connectivity index (χ3v) is 5.08. The van der Waals surface area contributed by atoms with Crippen molar-refractivity contribution in [2.24, 2.45) is 0 Å². The van der Waals surface area contributed by atoms with E-state index in [0.717, 1.165) is 39.1 Å². The van der Waals surface area contributed by atoms with E-state index in [-0.39, 0.29) is 6.10 Å². The second-order valence-electron chi connectivity index (χ2n) is 7.92. The highest BCUT2D eigenvalue weighted by Gasteiger charge is 2.11. The SMILES string of the molecule is CCCCCCCCN(CCCCCCCC)CC(O)COCCCC. The Bertz CT molecular complexity index is 245. The molecular weight excluding hydrogens is 322 g/mol. The minimum atomic E-state index is -0.341. The van der Waals surface area contributed by atoms with Crippen LogP contribution in [0.25, 0.3) is 0 Å². The molecule has 0 amide bonds. The molecule has 3 nitrogen and oxygen atoms in total. The van der Waals surface area contributed by atoms with Crippen LogP contribution in [-0.2, 0) is 4.74 Å². The molecule has 0 aromatic carbocycles. The van der Waals surface area contributed by atoms with Gasteiger partial charge in [-0.25, -0.2) is 0 Å². The van der Waals surface area contributed by atoms with Crippen molar-refractivity contribution < 1.29 is 9.84 Å². The Morgan fingerprint density at radius 1 is 0.654 bits per heavy atom. The van der Waals surface area contributed by atoms with Crippen molar-refractivity contribution >= 4 is 0 Å². The minimum Gasteiger partial charge on any atom is -0.389 e. The molecule has 0 rings (SSSR count). The zero-order valence-corrected chi connectivity index (χ0v) is 18.3. The highest BCUT2D eigenvalue weighted by molar-refractivity contribution is 4.65. The van der Waals surface area contributed by atoms with Gasteiger partial charge in [-0.05, 0) is 32.4 Å². The van der Waals surface area contributed by atoms with Gasteiger partial charge in [0.05, 0.1) is 12.7 Å². The number of rotatable bonds is 21. The van der Waals surface area contributed by atoms with Gasteiger partial charge in [-0.1, -0.05) is 91.4 Å². The number of aliphatic hydroxyl groups is 1. The van der Waals surface area contributed by atoms with Crippen LogP contribution >= 0.6 is 0 Å². The fourth-order valence-electron chi connectivity index (χ4n) is 3.34. The van der Waals surface area contributed by atoms with E-state index in [1.807, 2.05) is 0 Å². The van der Waals surface area contributed by atoms with Crippen LogP contribution in [-0.4, -0.2) is 49.0 Å². The first-order valence-electron chi connectivity index (χ1n) is 11.7. The molecule has 0 saturated heterocycles. The molecule has 0 aliphatic heterocycles. The fraction of sp³-hybridized carbons (Fsp3) is 1.00. The number of ether oxygens (including phenoxy) is 1. The number of hydrogen-bond donors (Lipinski definition) is 1. The van der Waals surface area contributed by atoms with E-state index >= 15 is 0 Å². The van der Waals surface area contributed by atoms with Gasteiger partial charge < -0.3 is 14.7 Å². The molecule has 1 N–H and O–H groups in total. The van der Waals surface area contributed by atoms with E-state index in [4.69, 9.17) is 4.74 Å². The van der Waals surface area contributed by atoms with E-state index < -0.39 is 0 Å². The van der Waals surface area contributed by atoms with Gasteiger partial charge in [0.25, 0.3) is 0 Å². The Labute approximate surface area is 164 Å². The lowest BCUT2D eigenvalue weighted by molar-refractivity contribution is 0.0152. The van der Waals surface area contributed by atoms with E-state index in [0.29, 0.717) is 6.61 Å². The number of aliphatic hydroxyl groups excluding tert-OH is 1. The summed E-state index contributed by atoms with van der Waals surface area (Å²) in [7, 11) is 0. The molecule has 0 aliphatic rings. The lowest BCUT2D eigenvalue weighted by Crippen LogP contribution is -2.36. The lowest BCUT2D eigenvalue weighted by Gasteiger charge is -2.25. The quantitative estimate of drug-likeness (QED) is 0.244. The molecule has 1 unspecified atom stereocenters. The molecule has 158 valence electrons. The summed E-state index contributed by atoms with van der Waals surface area (Å²) in [6.07, 6.45) is 17.9. The second-order valence-corrected chi connectivity index (χ2v) is 7.92. The third-order valence-electron chi connectivity index (χ3n) is 5.08. The lowest BCUT2D eigenvalue weighted by atomic mass is 10.1. The Morgan fingerprint density at radius 3 is 1.62 bits per heavy atom. The van der Waals surface area contributed by atoms with Gasteiger partial charge in [0.1, 0.15) is 0 Å². The Hall–Kier alpha value is -0.120. The predicted octanol–water partition coefficient (Wildman–Crippen LogP) is 6.19. The normalized spacial score (nSPS) is 12.8. The van der Waals surface area contributed by atoms with Gasteiger partial charge in [-0.2, -0.15) is 0 Å². The summed E-state index contributed by atoms with van der Waals surface area (Å²) >= 11 is 0. The van der Waals surface area contributed by atoms with Crippen LogP contribution in [0, 0.1) is 0 Å². The van der Waals surface area contributed by atoms with E-state index in [1.165, 1.54) is 77.0 Å². The first-order chi connectivity index (χ1) is 12.7. The Kier molecular flexibility index (Phi) is 21.1. The summed E-state index contributed by atoms with van der Waals surface area (Å²) in [5, 5.41) is 10.3. The molecule has 0 aromatic heterocycles. The van der Waals surface area contributed by atoms with Gasteiger partial charge in [-0.15, -0.1) is 0 Å². The number of nitrogens with zero attached hydrogens (tertiary/aromatic N) is 1. The van der Waals surface area contributed by atoms with Crippen molar-refractivity contribution in [3.8, 4) is 0 Å². The largest absolute Gasteiger partial charge is 0.389 e. The van der Waals surface area contributed by atoms with Gasteiger partial charge in [0.2, 0.25) is 0 Å². The maximum atomic E-state index is 10.3. The summed E-state index contributed by atoms with van der Waals surface area (Å²) < 4.78 is 5.60. The minimum absolute atomic E-state index is 0.341. The zero-order valence-electron chi connectivity index (χ0n) is 18.3. The molecule has 0 spiro atoms. The van der Waals surface area contributed by atoms with Crippen molar-refractivity contribution in [2.75, 3.05) is 32.8 Å². The highest BCUT2D eigenvalue weighted by Crippen LogP contribution is 2.09. The summed E-state index contributed by atoms with van der Waals surface area (Å²) in [5.74, 6) is 0. The smallest absolute Gasteiger partial charge is 0.0900 e. The van der Waals surface area contributed by atoms with Crippen LogP contribution in [0.4, 0.5) is 0 Å². The van der Waals surface area contributed by atoms with Gasteiger partial charge >= 0.3 is 0 Å². The second kappa shape index (κ2) is 21.2. The first kappa shape index (κ1) is 25.9. The van der Waals surface area contributed by atoms with Gasteiger partial charge in [-0.3, -0.25) is 0 Å².